The van der Waals surface area contributed by atoms with Crippen molar-refractivity contribution in [2.45, 2.75) is 13.3 Å². The van der Waals surface area contributed by atoms with Gasteiger partial charge in [0.1, 0.15) is 34.3 Å². The van der Waals surface area contributed by atoms with Crippen molar-refractivity contribution in [3.05, 3.63) is 40.4 Å². The summed E-state index contributed by atoms with van der Waals surface area (Å²) >= 11 is 3.43. The Morgan fingerprint density at radius 2 is 2.10 bits per heavy atom. The summed E-state index contributed by atoms with van der Waals surface area (Å²) in [4.78, 5) is 8.28. The number of rotatable bonds is 5. The molecule has 5 nitrogen and oxygen atoms in total. The van der Waals surface area contributed by atoms with E-state index in [9.17, 15) is 4.39 Å². The van der Waals surface area contributed by atoms with Gasteiger partial charge in [-0.2, -0.15) is 5.26 Å². The van der Waals surface area contributed by atoms with Crippen molar-refractivity contribution >= 4 is 33.3 Å². The topological polar surface area (TPSA) is 73.6 Å². The van der Waals surface area contributed by atoms with Gasteiger partial charge in [-0.1, -0.05) is 6.92 Å². The Morgan fingerprint density at radius 3 is 2.81 bits per heavy atom. The summed E-state index contributed by atoms with van der Waals surface area (Å²) in [5, 5.41) is 15.0. The van der Waals surface area contributed by atoms with Crippen LogP contribution >= 0.6 is 15.9 Å². The molecule has 1 aromatic carbocycles. The molecular weight excluding hydrogens is 337 g/mol. The number of benzene rings is 1. The molecule has 1 aromatic heterocycles. The van der Waals surface area contributed by atoms with Gasteiger partial charge in [-0.05, 0) is 40.5 Å². The molecule has 0 saturated carbocycles. The van der Waals surface area contributed by atoms with Crippen LogP contribution in [0.1, 0.15) is 18.9 Å². The second kappa shape index (κ2) is 6.99. The summed E-state index contributed by atoms with van der Waals surface area (Å²) in [5.74, 6) is 0.672. The standard InChI is InChI=1S/C14H13BrFN5/c1-2-5-18-13-12(15)14(20-8-19-13)21-10-3-4-11(16)9(6-10)7-17/h3-4,6,8H,2,5H2,1H3,(H2,18,19,20,21). The molecule has 0 atom stereocenters. The lowest BCUT2D eigenvalue weighted by Crippen LogP contribution is -2.05. The summed E-state index contributed by atoms with van der Waals surface area (Å²) < 4.78 is 14.0. The Balaban J connectivity index is 2.26. The van der Waals surface area contributed by atoms with Crippen LogP contribution in [0.15, 0.2) is 29.0 Å². The van der Waals surface area contributed by atoms with Crippen molar-refractivity contribution < 1.29 is 4.39 Å². The largest absolute Gasteiger partial charge is 0.369 e. The van der Waals surface area contributed by atoms with Gasteiger partial charge in [0.2, 0.25) is 0 Å². The number of nitrogens with one attached hydrogen (secondary N) is 2. The lowest BCUT2D eigenvalue weighted by atomic mass is 10.2. The van der Waals surface area contributed by atoms with E-state index in [2.05, 4.69) is 43.5 Å². The lowest BCUT2D eigenvalue weighted by molar-refractivity contribution is 0.624. The molecule has 0 saturated heterocycles. The van der Waals surface area contributed by atoms with E-state index in [1.807, 2.05) is 0 Å². The highest BCUT2D eigenvalue weighted by Crippen LogP contribution is 2.29. The van der Waals surface area contributed by atoms with Crippen molar-refractivity contribution in [3.63, 3.8) is 0 Å². The molecule has 0 radical (unpaired) electrons. The van der Waals surface area contributed by atoms with E-state index in [1.165, 1.54) is 18.5 Å². The first kappa shape index (κ1) is 15.2. The molecule has 2 N–H and O–H groups in total. The summed E-state index contributed by atoms with van der Waals surface area (Å²) in [7, 11) is 0. The minimum atomic E-state index is -0.546. The molecule has 0 amide bonds. The van der Waals surface area contributed by atoms with Crippen molar-refractivity contribution in [1.82, 2.24) is 9.97 Å². The first-order valence-corrected chi connectivity index (χ1v) is 7.16. The van der Waals surface area contributed by atoms with Gasteiger partial charge in [-0.3, -0.25) is 0 Å². The number of hydrogen-bond donors (Lipinski definition) is 2. The van der Waals surface area contributed by atoms with Gasteiger partial charge in [0.25, 0.3) is 0 Å². The number of anilines is 3. The number of aromatic nitrogens is 2. The summed E-state index contributed by atoms with van der Waals surface area (Å²) in [6.45, 7) is 2.85. The fourth-order valence-electron chi connectivity index (χ4n) is 1.65. The number of hydrogen-bond acceptors (Lipinski definition) is 5. The number of nitrogens with zero attached hydrogens (tertiary/aromatic N) is 3. The second-order valence-corrected chi connectivity index (χ2v) is 5.04. The third kappa shape index (κ3) is 3.67. The maximum Gasteiger partial charge on any atom is 0.150 e. The van der Waals surface area contributed by atoms with E-state index < -0.39 is 5.82 Å². The van der Waals surface area contributed by atoms with Gasteiger partial charge in [0.05, 0.1) is 5.56 Å². The summed E-state index contributed by atoms with van der Waals surface area (Å²) in [6, 6.07) is 6.02. The van der Waals surface area contributed by atoms with Crippen molar-refractivity contribution in [2.75, 3.05) is 17.2 Å². The third-order valence-corrected chi connectivity index (χ3v) is 3.43. The molecule has 108 valence electrons. The molecule has 1 heterocycles. The first-order valence-electron chi connectivity index (χ1n) is 6.36. The molecule has 0 bridgehead atoms. The predicted molar refractivity (Wildman–Crippen MR) is 82.9 cm³/mol. The monoisotopic (exact) mass is 349 g/mol. The van der Waals surface area contributed by atoms with Gasteiger partial charge in [-0.15, -0.1) is 0 Å². The van der Waals surface area contributed by atoms with E-state index in [0.29, 0.717) is 21.8 Å². The highest BCUT2D eigenvalue weighted by Gasteiger charge is 2.09. The lowest BCUT2D eigenvalue weighted by Gasteiger charge is -2.11. The van der Waals surface area contributed by atoms with Crippen LogP contribution in [0.4, 0.5) is 21.7 Å². The molecule has 2 rings (SSSR count). The molecule has 0 fully saturated rings. The van der Waals surface area contributed by atoms with E-state index in [0.717, 1.165) is 13.0 Å². The predicted octanol–water partition coefficient (Wildman–Crippen LogP) is 3.82. The van der Waals surface area contributed by atoms with Crippen LogP contribution in [0.5, 0.6) is 0 Å². The van der Waals surface area contributed by atoms with Gasteiger partial charge in [0.15, 0.2) is 0 Å². The maximum atomic E-state index is 13.3. The quantitative estimate of drug-likeness (QED) is 0.858. The Hall–Kier alpha value is -2.20. The van der Waals surface area contributed by atoms with Crippen molar-refractivity contribution in [1.29, 1.82) is 5.26 Å². The Morgan fingerprint density at radius 1 is 1.33 bits per heavy atom. The molecular formula is C14H13BrFN5. The van der Waals surface area contributed by atoms with E-state index in [-0.39, 0.29) is 5.56 Å². The number of nitriles is 1. The van der Waals surface area contributed by atoms with Gasteiger partial charge < -0.3 is 10.6 Å². The SMILES string of the molecule is CCCNc1ncnc(Nc2ccc(F)c(C#N)c2)c1Br. The van der Waals surface area contributed by atoms with Gasteiger partial charge in [0, 0.05) is 12.2 Å². The van der Waals surface area contributed by atoms with Crippen LogP contribution < -0.4 is 10.6 Å². The normalized spacial score (nSPS) is 10.0. The molecule has 7 heteroatoms. The van der Waals surface area contributed by atoms with Crippen LogP contribution in [0.25, 0.3) is 0 Å². The Labute approximate surface area is 130 Å². The van der Waals surface area contributed by atoms with E-state index >= 15 is 0 Å². The fraction of sp³-hybridized carbons (Fsp3) is 0.214. The molecule has 21 heavy (non-hydrogen) atoms. The van der Waals surface area contributed by atoms with Crippen molar-refractivity contribution in [2.24, 2.45) is 0 Å². The van der Waals surface area contributed by atoms with Crippen LogP contribution in [-0.2, 0) is 0 Å². The first-order chi connectivity index (χ1) is 10.2. The highest BCUT2D eigenvalue weighted by atomic mass is 79.9. The minimum absolute atomic E-state index is 0.0190. The van der Waals surface area contributed by atoms with Crippen LogP contribution in [0.3, 0.4) is 0 Å². The average molecular weight is 350 g/mol. The zero-order chi connectivity index (χ0) is 15.2. The smallest absolute Gasteiger partial charge is 0.150 e. The van der Waals surface area contributed by atoms with Crippen LogP contribution in [0, 0.1) is 17.1 Å². The fourth-order valence-corrected chi connectivity index (χ4v) is 2.09. The number of halogens is 2. The second-order valence-electron chi connectivity index (χ2n) is 4.24. The maximum absolute atomic E-state index is 13.3. The Bertz CT molecular complexity index is 684. The van der Waals surface area contributed by atoms with Crippen molar-refractivity contribution in [3.8, 4) is 6.07 Å². The van der Waals surface area contributed by atoms with E-state index in [1.54, 1.807) is 12.1 Å². The van der Waals surface area contributed by atoms with Gasteiger partial charge in [-0.25, -0.2) is 14.4 Å². The average Bonchev–Trinajstić information content (AvgIpc) is 2.50. The van der Waals surface area contributed by atoms with Gasteiger partial charge >= 0.3 is 0 Å². The molecule has 2 aromatic rings. The zero-order valence-corrected chi connectivity index (χ0v) is 12.9. The highest BCUT2D eigenvalue weighted by molar-refractivity contribution is 9.10. The molecule has 0 aliphatic carbocycles. The van der Waals surface area contributed by atoms with Crippen LogP contribution in [-0.4, -0.2) is 16.5 Å². The molecule has 0 unspecified atom stereocenters. The van der Waals surface area contributed by atoms with E-state index in [4.69, 9.17) is 5.26 Å². The molecule has 0 aliphatic rings. The Kier molecular flexibility index (Phi) is 5.06. The third-order valence-electron chi connectivity index (χ3n) is 2.68. The molecule has 0 spiro atoms. The summed E-state index contributed by atoms with van der Waals surface area (Å²) in [5.41, 5.74) is 0.559. The summed E-state index contributed by atoms with van der Waals surface area (Å²) in [6.07, 6.45) is 2.41. The molecule has 0 aliphatic heterocycles. The van der Waals surface area contributed by atoms with Crippen LogP contribution in [0.2, 0.25) is 0 Å². The zero-order valence-electron chi connectivity index (χ0n) is 11.3. The minimum Gasteiger partial charge on any atom is -0.369 e.